The zero-order valence-corrected chi connectivity index (χ0v) is 18.6. The summed E-state index contributed by atoms with van der Waals surface area (Å²) in [6.07, 6.45) is -0.432. The Bertz CT molecular complexity index is 1100. The summed E-state index contributed by atoms with van der Waals surface area (Å²) in [7, 11) is 0. The number of fused-ring (bicyclic) bond motifs is 1. The van der Waals surface area contributed by atoms with Crippen LogP contribution in [0.2, 0.25) is 5.02 Å². The maximum Gasteiger partial charge on any atom is 0.522 e. The van der Waals surface area contributed by atoms with Crippen molar-refractivity contribution in [2.75, 3.05) is 6.61 Å². The lowest BCUT2D eigenvalue weighted by Crippen LogP contribution is -2.79. The highest BCUT2D eigenvalue weighted by molar-refractivity contribution is 6.30. The summed E-state index contributed by atoms with van der Waals surface area (Å²) in [4.78, 5) is 12.8. The summed E-state index contributed by atoms with van der Waals surface area (Å²) >= 11 is 5.77. The lowest BCUT2D eigenvalue weighted by Gasteiger charge is -2.70. The fourth-order valence-electron chi connectivity index (χ4n) is 5.26. The Kier molecular flexibility index (Phi) is 5.57. The van der Waals surface area contributed by atoms with E-state index in [0.717, 1.165) is 11.6 Å². The molecule has 0 spiro atoms. The highest BCUT2D eigenvalue weighted by Gasteiger charge is 2.70. The standard InChI is InChI=1S/C22H22ClF4N3O4/c23-14-4-13-16(31)6-18(34-17(13)5-15(14)24)19(32)29-20-9-21(10-20,11-20)30-8-12(7-28-30)2-1-3-33-22(25,26)27/h4-5,7-8,16,18,31H,1-3,6,9-11H2,(H,29,32)/t16-,18-,20?,21?/m1/s1. The van der Waals surface area contributed by atoms with Crippen LogP contribution in [0.5, 0.6) is 5.75 Å². The molecule has 1 aromatic heterocycles. The van der Waals surface area contributed by atoms with Crippen molar-refractivity contribution >= 4 is 17.5 Å². The van der Waals surface area contributed by atoms with Crippen molar-refractivity contribution in [1.82, 2.24) is 15.1 Å². The molecule has 34 heavy (non-hydrogen) atoms. The van der Waals surface area contributed by atoms with Crippen molar-refractivity contribution in [3.63, 3.8) is 0 Å². The molecular formula is C22H22ClF4N3O4. The molecule has 1 amide bonds. The smallest absolute Gasteiger partial charge is 0.480 e. The van der Waals surface area contributed by atoms with Crippen LogP contribution in [0.25, 0.3) is 0 Å². The highest BCUT2D eigenvalue weighted by atomic mass is 35.5. The molecular weight excluding hydrogens is 482 g/mol. The van der Waals surface area contributed by atoms with Gasteiger partial charge in [-0.25, -0.2) is 4.39 Å². The van der Waals surface area contributed by atoms with Crippen molar-refractivity contribution < 1.29 is 36.9 Å². The first-order valence-electron chi connectivity index (χ1n) is 10.9. The Balaban J connectivity index is 1.13. The first-order chi connectivity index (χ1) is 16.0. The van der Waals surface area contributed by atoms with Gasteiger partial charge in [0, 0.05) is 29.8 Å². The zero-order valence-electron chi connectivity index (χ0n) is 17.9. The van der Waals surface area contributed by atoms with Crippen LogP contribution in [-0.2, 0) is 21.5 Å². The van der Waals surface area contributed by atoms with Gasteiger partial charge in [0.2, 0.25) is 0 Å². The molecule has 3 fully saturated rings. The van der Waals surface area contributed by atoms with Crippen molar-refractivity contribution in [2.24, 2.45) is 0 Å². The summed E-state index contributed by atoms with van der Waals surface area (Å²) in [6, 6.07) is 2.37. The van der Waals surface area contributed by atoms with Gasteiger partial charge in [-0.3, -0.25) is 14.2 Å². The van der Waals surface area contributed by atoms with Gasteiger partial charge in [0.25, 0.3) is 5.91 Å². The number of alkyl halides is 3. The number of amides is 1. The first kappa shape index (κ1) is 23.4. The van der Waals surface area contributed by atoms with Crippen LogP contribution in [0.3, 0.4) is 0 Å². The molecule has 0 radical (unpaired) electrons. The summed E-state index contributed by atoms with van der Waals surface area (Å²) in [5, 5.41) is 17.6. The van der Waals surface area contributed by atoms with E-state index in [1.54, 1.807) is 6.20 Å². The van der Waals surface area contributed by atoms with Crippen LogP contribution in [-0.4, -0.2) is 45.4 Å². The van der Waals surface area contributed by atoms with Crippen LogP contribution in [0.15, 0.2) is 24.5 Å². The van der Waals surface area contributed by atoms with Gasteiger partial charge in [-0.2, -0.15) is 5.10 Å². The number of hydrogen-bond acceptors (Lipinski definition) is 5. The van der Waals surface area contributed by atoms with Crippen molar-refractivity contribution in [3.05, 3.63) is 46.5 Å². The Morgan fingerprint density at radius 2 is 2.09 bits per heavy atom. The molecule has 1 aliphatic heterocycles. The van der Waals surface area contributed by atoms with E-state index in [-0.39, 0.29) is 40.6 Å². The number of hydrogen-bond donors (Lipinski definition) is 2. The van der Waals surface area contributed by atoms with Crippen LogP contribution >= 0.6 is 11.6 Å². The molecule has 0 unspecified atom stereocenters. The minimum Gasteiger partial charge on any atom is -0.480 e. The minimum absolute atomic E-state index is 0.0303. The maximum absolute atomic E-state index is 13.8. The summed E-state index contributed by atoms with van der Waals surface area (Å²) in [5.74, 6) is -0.972. The Morgan fingerprint density at radius 3 is 2.79 bits per heavy atom. The van der Waals surface area contributed by atoms with E-state index in [1.807, 2.05) is 10.9 Å². The average molecular weight is 504 g/mol. The van der Waals surface area contributed by atoms with E-state index in [2.05, 4.69) is 15.2 Å². The molecule has 2 aromatic rings. The zero-order chi connectivity index (χ0) is 24.3. The number of aryl methyl sites for hydroxylation is 1. The topological polar surface area (TPSA) is 85.6 Å². The number of halogens is 5. The third-order valence-electron chi connectivity index (χ3n) is 6.80. The molecule has 3 saturated carbocycles. The van der Waals surface area contributed by atoms with E-state index in [1.165, 1.54) is 6.07 Å². The lowest BCUT2D eigenvalue weighted by molar-refractivity contribution is -0.324. The molecule has 2 heterocycles. The second-order valence-electron chi connectivity index (χ2n) is 9.38. The molecule has 7 nitrogen and oxygen atoms in total. The van der Waals surface area contributed by atoms with Gasteiger partial charge in [-0.05, 0) is 43.7 Å². The molecule has 2 atom stereocenters. The fourth-order valence-corrected chi connectivity index (χ4v) is 5.43. The van der Waals surface area contributed by atoms with Gasteiger partial charge in [-0.1, -0.05) is 11.6 Å². The van der Waals surface area contributed by atoms with Gasteiger partial charge in [0.1, 0.15) is 11.6 Å². The van der Waals surface area contributed by atoms with Crippen LogP contribution in [0.4, 0.5) is 17.6 Å². The molecule has 2 N–H and O–H groups in total. The number of aliphatic hydroxyl groups excluding tert-OH is 1. The molecule has 2 bridgehead atoms. The SMILES string of the molecule is O=C(NC12CC(n3cc(CCCOC(F)(F)F)cn3)(C1)C2)[C@H]1C[C@@H](O)c2cc(Cl)c(F)cc2O1. The molecule has 4 aliphatic rings. The number of nitrogens with one attached hydrogen (secondary N) is 1. The number of rotatable bonds is 7. The van der Waals surface area contributed by atoms with Gasteiger partial charge in [-0.15, -0.1) is 13.2 Å². The van der Waals surface area contributed by atoms with E-state index >= 15 is 0 Å². The molecule has 0 saturated heterocycles. The van der Waals surface area contributed by atoms with Gasteiger partial charge in [0.05, 0.1) is 29.5 Å². The number of benzene rings is 1. The summed E-state index contributed by atoms with van der Waals surface area (Å²) in [6.45, 7) is -0.406. The van der Waals surface area contributed by atoms with E-state index in [4.69, 9.17) is 16.3 Å². The largest absolute Gasteiger partial charge is 0.522 e. The number of carbonyl (C=O) groups is 1. The molecule has 12 heteroatoms. The van der Waals surface area contributed by atoms with Crippen molar-refractivity contribution in [3.8, 4) is 5.75 Å². The Morgan fingerprint density at radius 1 is 1.35 bits per heavy atom. The predicted molar refractivity (Wildman–Crippen MR) is 111 cm³/mol. The van der Waals surface area contributed by atoms with Crippen molar-refractivity contribution in [1.29, 1.82) is 0 Å². The first-order valence-corrected chi connectivity index (χ1v) is 11.3. The number of aromatic nitrogens is 2. The normalized spacial score (nSPS) is 29.5. The second-order valence-corrected chi connectivity index (χ2v) is 9.78. The molecule has 6 rings (SSSR count). The monoisotopic (exact) mass is 503 g/mol. The average Bonchev–Trinajstić information content (AvgIpc) is 3.16. The predicted octanol–water partition coefficient (Wildman–Crippen LogP) is 3.78. The minimum atomic E-state index is -4.62. The van der Waals surface area contributed by atoms with Crippen LogP contribution < -0.4 is 10.1 Å². The third-order valence-corrected chi connectivity index (χ3v) is 7.09. The van der Waals surface area contributed by atoms with Crippen molar-refractivity contribution in [2.45, 2.75) is 68.2 Å². The molecule has 1 aromatic carbocycles. The highest BCUT2D eigenvalue weighted by Crippen LogP contribution is 2.65. The van der Waals surface area contributed by atoms with E-state index in [0.29, 0.717) is 31.2 Å². The lowest BCUT2D eigenvalue weighted by atomic mass is 9.44. The Hall–Kier alpha value is -2.37. The van der Waals surface area contributed by atoms with Crippen LogP contribution in [0, 0.1) is 5.82 Å². The van der Waals surface area contributed by atoms with Crippen LogP contribution in [0.1, 0.15) is 49.3 Å². The number of aliphatic hydroxyl groups is 1. The Labute approximate surface area is 197 Å². The number of ether oxygens (including phenoxy) is 2. The fraction of sp³-hybridized carbons (Fsp3) is 0.545. The van der Waals surface area contributed by atoms with E-state index in [9.17, 15) is 27.5 Å². The van der Waals surface area contributed by atoms with Gasteiger partial charge < -0.3 is 15.2 Å². The van der Waals surface area contributed by atoms with Gasteiger partial charge >= 0.3 is 6.36 Å². The number of carbonyl (C=O) groups excluding carboxylic acids is 1. The molecule has 184 valence electrons. The van der Waals surface area contributed by atoms with E-state index < -0.39 is 31.0 Å². The number of nitrogens with zero attached hydrogens (tertiary/aromatic N) is 2. The summed E-state index contributed by atoms with van der Waals surface area (Å²) < 4.78 is 61.2. The third kappa shape index (κ3) is 4.25. The quantitative estimate of drug-likeness (QED) is 0.444. The maximum atomic E-state index is 13.8. The van der Waals surface area contributed by atoms with Gasteiger partial charge in [0.15, 0.2) is 6.10 Å². The second kappa shape index (κ2) is 8.10. The summed E-state index contributed by atoms with van der Waals surface area (Å²) in [5.41, 5.74) is 0.570. The molecule has 3 aliphatic carbocycles.